The smallest absolute Gasteiger partial charge is 0.260 e. The highest BCUT2D eigenvalue weighted by Crippen LogP contribution is 2.21. The molecular formula is C14H17N3O2. The molecule has 3 N–H and O–H groups in total. The monoisotopic (exact) mass is 259 g/mol. The van der Waals surface area contributed by atoms with E-state index in [0.29, 0.717) is 16.9 Å². The van der Waals surface area contributed by atoms with E-state index in [2.05, 4.69) is 15.3 Å². The summed E-state index contributed by atoms with van der Waals surface area (Å²) in [5, 5.41) is 13.7. The van der Waals surface area contributed by atoms with E-state index >= 15 is 0 Å². The zero-order valence-electron chi connectivity index (χ0n) is 10.6. The standard InChI is InChI=1S/C14H17N3O2/c18-12-8-4-3-7-11(12)16-14-15-10-6-2-1-5-9(10)13(19)17-14/h1-2,5-6,11-12,18H,3-4,7-8H2,(H2,15,16,17,19)/t11-,12-/m0/s1. The number of aliphatic hydroxyl groups excluding tert-OH is 1. The molecule has 1 aromatic heterocycles. The second kappa shape index (κ2) is 5.01. The van der Waals surface area contributed by atoms with Crippen molar-refractivity contribution in [3.05, 3.63) is 34.6 Å². The Morgan fingerprint density at radius 1 is 1.26 bits per heavy atom. The van der Waals surface area contributed by atoms with Crippen LogP contribution in [0.15, 0.2) is 29.1 Å². The van der Waals surface area contributed by atoms with Gasteiger partial charge in [-0.05, 0) is 25.0 Å². The van der Waals surface area contributed by atoms with Crippen LogP contribution in [0, 0.1) is 0 Å². The van der Waals surface area contributed by atoms with E-state index in [9.17, 15) is 9.90 Å². The van der Waals surface area contributed by atoms with Crippen LogP contribution in [-0.4, -0.2) is 27.2 Å². The Labute approximate surface area is 110 Å². The number of aliphatic hydroxyl groups is 1. The van der Waals surface area contributed by atoms with Crippen LogP contribution in [0.1, 0.15) is 25.7 Å². The zero-order valence-corrected chi connectivity index (χ0v) is 10.6. The number of anilines is 1. The predicted molar refractivity (Wildman–Crippen MR) is 74.2 cm³/mol. The van der Waals surface area contributed by atoms with Gasteiger partial charge in [-0.2, -0.15) is 0 Å². The number of nitrogens with zero attached hydrogens (tertiary/aromatic N) is 1. The van der Waals surface area contributed by atoms with Crippen LogP contribution >= 0.6 is 0 Å². The van der Waals surface area contributed by atoms with Gasteiger partial charge in [-0.1, -0.05) is 25.0 Å². The first-order chi connectivity index (χ1) is 9.24. The molecule has 0 aliphatic heterocycles. The average molecular weight is 259 g/mol. The third kappa shape index (κ3) is 2.46. The molecule has 5 nitrogen and oxygen atoms in total. The predicted octanol–water partition coefficient (Wildman–Crippen LogP) is 1.64. The molecule has 1 fully saturated rings. The molecule has 0 amide bonds. The summed E-state index contributed by atoms with van der Waals surface area (Å²) in [6.45, 7) is 0. The topological polar surface area (TPSA) is 78.0 Å². The third-order valence-electron chi connectivity index (χ3n) is 3.66. The number of aromatic amines is 1. The van der Waals surface area contributed by atoms with E-state index < -0.39 is 0 Å². The van der Waals surface area contributed by atoms with Crippen molar-refractivity contribution in [2.45, 2.75) is 37.8 Å². The summed E-state index contributed by atoms with van der Waals surface area (Å²) in [4.78, 5) is 19.0. The fourth-order valence-corrected chi connectivity index (χ4v) is 2.61. The van der Waals surface area contributed by atoms with Gasteiger partial charge in [-0.25, -0.2) is 4.98 Å². The van der Waals surface area contributed by atoms with Gasteiger partial charge in [0.15, 0.2) is 0 Å². The molecule has 2 atom stereocenters. The molecule has 1 saturated carbocycles. The Bertz CT molecular complexity index is 638. The van der Waals surface area contributed by atoms with Crippen LogP contribution in [-0.2, 0) is 0 Å². The number of aromatic nitrogens is 2. The summed E-state index contributed by atoms with van der Waals surface area (Å²) >= 11 is 0. The maximum absolute atomic E-state index is 11.9. The summed E-state index contributed by atoms with van der Waals surface area (Å²) < 4.78 is 0. The molecule has 5 heteroatoms. The van der Waals surface area contributed by atoms with Crippen molar-refractivity contribution in [1.82, 2.24) is 9.97 Å². The number of H-pyrrole nitrogens is 1. The summed E-state index contributed by atoms with van der Waals surface area (Å²) in [7, 11) is 0. The molecule has 3 rings (SSSR count). The van der Waals surface area contributed by atoms with Gasteiger partial charge in [-0.3, -0.25) is 9.78 Å². The first kappa shape index (κ1) is 12.2. The van der Waals surface area contributed by atoms with E-state index in [4.69, 9.17) is 0 Å². The largest absolute Gasteiger partial charge is 0.391 e. The average Bonchev–Trinajstić information content (AvgIpc) is 2.42. The fraction of sp³-hybridized carbons (Fsp3) is 0.429. The SMILES string of the molecule is O=c1[nH]c(N[C@H]2CCCC[C@@H]2O)nc2ccccc12. The molecule has 19 heavy (non-hydrogen) atoms. The van der Waals surface area contributed by atoms with Gasteiger partial charge in [0.2, 0.25) is 5.95 Å². The number of para-hydroxylation sites is 1. The van der Waals surface area contributed by atoms with Gasteiger partial charge < -0.3 is 10.4 Å². The Hall–Kier alpha value is -1.88. The van der Waals surface area contributed by atoms with E-state index in [0.717, 1.165) is 25.7 Å². The molecule has 1 aromatic carbocycles. The second-order valence-corrected chi connectivity index (χ2v) is 5.03. The molecule has 1 aliphatic rings. The Morgan fingerprint density at radius 2 is 2.05 bits per heavy atom. The molecule has 2 aromatic rings. The molecule has 0 spiro atoms. The minimum atomic E-state index is -0.370. The van der Waals surface area contributed by atoms with Crippen molar-refractivity contribution in [3.8, 4) is 0 Å². The zero-order chi connectivity index (χ0) is 13.2. The first-order valence-corrected chi connectivity index (χ1v) is 6.68. The van der Waals surface area contributed by atoms with Gasteiger partial charge in [-0.15, -0.1) is 0 Å². The highest BCUT2D eigenvalue weighted by Gasteiger charge is 2.23. The lowest BCUT2D eigenvalue weighted by molar-refractivity contribution is 0.116. The molecular weight excluding hydrogens is 242 g/mol. The van der Waals surface area contributed by atoms with Crippen molar-refractivity contribution < 1.29 is 5.11 Å². The normalized spacial score (nSPS) is 23.4. The molecule has 0 unspecified atom stereocenters. The summed E-state index contributed by atoms with van der Waals surface area (Å²) in [6.07, 6.45) is 3.48. The molecule has 100 valence electrons. The number of fused-ring (bicyclic) bond motifs is 1. The van der Waals surface area contributed by atoms with Gasteiger partial charge >= 0.3 is 0 Å². The Balaban J connectivity index is 1.91. The van der Waals surface area contributed by atoms with Crippen LogP contribution in [0.5, 0.6) is 0 Å². The lowest BCUT2D eigenvalue weighted by atomic mass is 9.93. The maximum Gasteiger partial charge on any atom is 0.260 e. The van der Waals surface area contributed by atoms with Crippen LogP contribution in [0.25, 0.3) is 10.9 Å². The van der Waals surface area contributed by atoms with Crippen LogP contribution in [0.3, 0.4) is 0 Å². The molecule has 0 radical (unpaired) electrons. The van der Waals surface area contributed by atoms with E-state index in [1.807, 2.05) is 18.2 Å². The van der Waals surface area contributed by atoms with E-state index in [-0.39, 0.29) is 17.7 Å². The number of hydrogen-bond donors (Lipinski definition) is 3. The lowest BCUT2D eigenvalue weighted by Crippen LogP contribution is -2.37. The lowest BCUT2D eigenvalue weighted by Gasteiger charge is -2.28. The molecule has 1 heterocycles. The number of rotatable bonds is 2. The van der Waals surface area contributed by atoms with Crippen molar-refractivity contribution in [1.29, 1.82) is 0 Å². The van der Waals surface area contributed by atoms with Gasteiger partial charge in [0.1, 0.15) is 0 Å². The molecule has 0 bridgehead atoms. The second-order valence-electron chi connectivity index (χ2n) is 5.03. The van der Waals surface area contributed by atoms with Crippen molar-refractivity contribution in [2.24, 2.45) is 0 Å². The van der Waals surface area contributed by atoms with Crippen molar-refractivity contribution in [2.75, 3.05) is 5.32 Å². The first-order valence-electron chi connectivity index (χ1n) is 6.68. The Morgan fingerprint density at radius 3 is 2.89 bits per heavy atom. The summed E-state index contributed by atoms with van der Waals surface area (Å²) in [5.41, 5.74) is 0.512. The minimum absolute atomic E-state index is 0.0296. The van der Waals surface area contributed by atoms with Crippen LogP contribution < -0.4 is 10.9 Å². The minimum Gasteiger partial charge on any atom is -0.391 e. The van der Waals surface area contributed by atoms with Crippen molar-refractivity contribution >= 4 is 16.9 Å². The maximum atomic E-state index is 11.9. The number of nitrogens with one attached hydrogen (secondary N) is 2. The van der Waals surface area contributed by atoms with Crippen LogP contribution in [0.4, 0.5) is 5.95 Å². The fourth-order valence-electron chi connectivity index (χ4n) is 2.61. The highest BCUT2D eigenvalue weighted by molar-refractivity contribution is 5.78. The van der Waals surface area contributed by atoms with E-state index in [1.54, 1.807) is 6.07 Å². The highest BCUT2D eigenvalue weighted by atomic mass is 16.3. The quantitative estimate of drug-likeness (QED) is 0.766. The summed E-state index contributed by atoms with van der Waals surface area (Å²) in [6, 6.07) is 7.21. The Kier molecular flexibility index (Phi) is 3.21. The molecule has 1 aliphatic carbocycles. The van der Waals surface area contributed by atoms with Crippen molar-refractivity contribution in [3.63, 3.8) is 0 Å². The molecule has 0 saturated heterocycles. The van der Waals surface area contributed by atoms with Gasteiger partial charge in [0.25, 0.3) is 5.56 Å². The summed E-state index contributed by atoms with van der Waals surface area (Å²) in [5.74, 6) is 0.439. The number of hydrogen-bond acceptors (Lipinski definition) is 4. The van der Waals surface area contributed by atoms with E-state index in [1.165, 1.54) is 0 Å². The van der Waals surface area contributed by atoms with Gasteiger partial charge in [0.05, 0.1) is 23.0 Å². The van der Waals surface area contributed by atoms with Crippen LogP contribution in [0.2, 0.25) is 0 Å². The number of benzene rings is 1. The van der Waals surface area contributed by atoms with Gasteiger partial charge in [0, 0.05) is 0 Å². The third-order valence-corrected chi connectivity index (χ3v) is 3.66.